The van der Waals surface area contributed by atoms with Gasteiger partial charge in [-0.05, 0) is 19.1 Å². The molecule has 0 unspecified atom stereocenters. The number of ether oxygens (including phenoxy) is 4. The summed E-state index contributed by atoms with van der Waals surface area (Å²) in [6.45, 7) is 1.47. The van der Waals surface area contributed by atoms with Gasteiger partial charge in [-0.15, -0.1) is 0 Å². The number of esters is 1. The SMILES string of the molecule is CCOC(=O)COc1cc2oc(Oc3ccccc3)cc(=O)c2c(O)c1OC. The molecule has 1 heterocycles. The second kappa shape index (κ2) is 8.34. The number of phenolic OH excluding ortho intramolecular Hbond substituents is 1. The first kappa shape index (κ1) is 19.1. The zero-order valence-corrected chi connectivity index (χ0v) is 15.3. The van der Waals surface area contributed by atoms with E-state index >= 15 is 0 Å². The molecule has 0 amide bonds. The van der Waals surface area contributed by atoms with Crippen molar-refractivity contribution in [2.75, 3.05) is 20.3 Å². The Hall–Kier alpha value is -3.68. The molecule has 8 nitrogen and oxygen atoms in total. The number of carbonyl (C=O) groups excluding carboxylic acids is 1. The van der Waals surface area contributed by atoms with Gasteiger partial charge in [-0.3, -0.25) is 4.79 Å². The number of hydrogen-bond donors (Lipinski definition) is 1. The zero-order valence-electron chi connectivity index (χ0n) is 15.3. The summed E-state index contributed by atoms with van der Waals surface area (Å²) in [6.07, 6.45) is 0. The monoisotopic (exact) mass is 386 g/mol. The van der Waals surface area contributed by atoms with Crippen molar-refractivity contribution in [1.82, 2.24) is 0 Å². The number of fused-ring (bicyclic) bond motifs is 1. The van der Waals surface area contributed by atoms with Crippen LogP contribution in [0.2, 0.25) is 0 Å². The zero-order chi connectivity index (χ0) is 20.1. The average Bonchev–Trinajstić information content (AvgIpc) is 2.67. The third kappa shape index (κ3) is 4.01. The summed E-state index contributed by atoms with van der Waals surface area (Å²) in [4.78, 5) is 24.0. The van der Waals surface area contributed by atoms with E-state index in [2.05, 4.69) is 0 Å². The van der Waals surface area contributed by atoms with Crippen LogP contribution < -0.4 is 19.6 Å². The van der Waals surface area contributed by atoms with Gasteiger partial charge in [0.15, 0.2) is 18.1 Å². The van der Waals surface area contributed by atoms with Crippen LogP contribution in [0, 0.1) is 0 Å². The second-order valence-corrected chi connectivity index (χ2v) is 5.57. The molecule has 1 aromatic heterocycles. The third-order valence-corrected chi connectivity index (χ3v) is 3.71. The summed E-state index contributed by atoms with van der Waals surface area (Å²) in [5, 5.41) is 10.3. The number of rotatable bonds is 7. The molecule has 0 saturated heterocycles. The molecule has 0 atom stereocenters. The van der Waals surface area contributed by atoms with Gasteiger partial charge in [-0.2, -0.15) is 0 Å². The van der Waals surface area contributed by atoms with Gasteiger partial charge in [-0.25, -0.2) is 4.79 Å². The molecule has 2 aromatic carbocycles. The Bertz CT molecular complexity index is 1040. The molecule has 0 radical (unpaired) electrons. The largest absolute Gasteiger partial charge is 0.504 e. The molecule has 0 saturated carbocycles. The molecule has 3 aromatic rings. The number of hydrogen-bond acceptors (Lipinski definition) is 8. The second-order valence-electron chi connectivity index (χ2n) is 5.57. The topological polar surface area (TPSA) is 104 Å². The Morgan fingerprint density at radius 1 is 1.18 bits per heavy atom. The minimum atomic E-state index is -0.591. The van der Waals surface area contributed by atoms with Gasteiger partial charge in [0.2, 0.25) is 11.2 Å². The van der Waals surface area contributed by atoms with E-state index in [1.165, 1.54) is 13.2 Å². The van der Waals surface area contributed by atoms with Crippen LogP contribution in [-0.4, -0.2) is 31.4 Å². The summed E-state index contributed by atoms with van der Waals surface area (Å²) >= 11 is 0. The predicted molar refractivity (Wildman–Crippen MR) is 99.3 cm³/mol. The van der Waals surface area contributed by atoms with Crippen molar-refractivity contribution >= 4 is 16.9 Å². The maximum Gasteiger partial charge on any atom is 0.344 e. The molecule has 0 spiro atoms. The molecule has 0 bridgehead atoms. The van der Waals surface area contributed by atoms with Gasteiger partial charge in [0.25, 0.3) is 5.95 Å². The minimum Gasteiger partial charge on any atom is -0.504 e. The molecule has 0 fully saturated rings. The molecule has 28 heavy (non-hydrogen) atoms. The maximum atomic E-state index is 12.5. The van der Waals surface area contributed by atoms with E-state index in [1.54, 1.807) is 31.2 Å². The lowest BCUT2D eigenvalue weighted by Gasteiger charge is -2.13. The summed E-state index contributed by atoms with van der Waals surface area (Å²) in [5.74, 6) is -0.724. The van der Waals surface area contributed by atoms with Crippen LogP contribution in [0.3, 0.4) is 0 Å². The van der Waals surface area contributed by atoms with Crippen molar-refractivity contribution in [3.05, 3.63) is 52.7 Å². The number of phenols is 1. The highest BCUT2D eigenvalue weighted by Crippen LogP contribution is 2.42. The van der Waals surface area contributed by atoms with Crippen LogP contribution in [-0.2, 0) is 9.53 Å². The number of carbonyl (C=O) groups is 1. The van der Waals surface area contributed by atoms with Gasteiger partial charge >= 0.3 is 5.97 Å². The number of methoxy groups -OCH3 is 1. The number of para-hydroxylation sites is 1. The first-order chi connectivity index (χ1) is 13.5. The van der Waals surface area contributed by atoms with Crippen molar-refractivity contribution < 1.29 is 33.3 Å². The Balaban J connectivity index is 2.02. The van der Waals surface area contributed by atoms with E-state index in [-0.39, 0.29) is 35.0 Å². The number of aromatic hydroxyl groups is 1. The van der Waals surface area contributed by atoms with E-state index in [0.717, 1.165) is 6.07 Å². The van der Waals surface area contributed by atoms with E-state index in [9.17, 15) is 14.7 Å². The normalized spacial score (nSPS) is 10.5. The summed E-state index contributed by atoms with van der Waals surface area (Å²) in [5.41, 5.74) is -0.518. The van der Waals surface area contributed by atoms with Crippen LogP contribution in [0.5, 0.6) is 28.9 Å². The minimum absolute atomic E-state index is 0.00981. The van der Waals surface area contributed by atoms with Crippen molar-refractivity contribution in [2.24, 2.45) is 0 Å². The van der Waals surface area contributed by atoms with E-state index in [1.807, 2.05) is 6.07 Å². The third-order valence-electron chi connectivity index (χ3n) is 3.71. The molecular weight excluding hydrogens is 368 g/mol. The van der Waals surface area contributed by atoms with Crippen molar-refractivity contribution in [2.45, 2.75) is 6.92 Å². The van der Waals surface area contributed by atoms with Gasteiger partial charge < -0.3 is 28.5 Å². The Morgan fingerprint density at radius 2 is 1.93 bits per heavy atom. The first-order valence-electron chi connectivity index (χ1n) is 8.42. The highest BCUT2D eigenvalue weighted by Gasteiger charge is 2.21. The molecule has 0 aliphatic carbocycles. The maximum absolute atomic E-state index is 12.5. The van der Waals surface area contributed by atoms with E-state index in [4.69, 9.17) is 23.4 Å². The average molecular weight is 386 g/mol. The lowest BCUT2D eigenvalue weighted by atomic mass is 10.2. The lowest BCUT2D eigenvalue weighted by molar-refractivity contribution is -0.145. The van der Waals surface area contributed by atoms with Crippen LogP contribution in [0.1, 0.15) is 6.92 Å². The Labute approximate surface area is 159 Å². The van der Waals surface area contributed by atoms with Gasteiger partial charge in [0.1, 0.15) is 16.7 Å². The summed E-state index contributed by atoms with van der Waals surface area (Å²) in [7, 11) is 1.30. The standard InChI is InChI=1S/C20H18O8/c1-3-25-16(22)11-26-15-10-14-18(19(23)20(15)24-2)13(21)9-17(28-14)27-12-7-5-4-6-8-12/h4-10,23H,3,11H2,1-2H3. The molecular formula is C20H18O8. The number of benzene rings is 2. The smallest absolute Gasteiger partial charge is 0.344 e. The van der Waals surface area contributed by atoms with E-state index in [0.29, 0.717) is 5.75 Å². The first-order valence-corrected chi connectivity index (χ1v) is 8.42. The van der Waals surface area contributed by atoms with Gasteiger partial charge in [-0.1, -0.05) is 18.2 Å². The molecule has 1 N–H and O–H groups in total. The van der Waals surface area contributed by atoms with Crippen LogP contribution in [0.4, 0.5) is 0 Å². The summed E-state index contributed by atoms with van der Waals surface area (Å²) < 4.78 is 26.4. The molecule has 146 valence electrons. The van der Waals surface area contributed by atoms with Crippen LogP contribution in [0.25, 0.3) is 11.0 Å². The highest BCUT2D eigenvalue weighted by atomic mass is 16.6. The fourth-order valence-corrected chi connectivity index (χ4v) is 2.54. The van der Waals surface area contributed by atoms with Crippen molar-refractivity contribution in [1.29, 1.82) is 0 Å². The van der Waals surface area contributed by atoms with Crippen molar-refractivity contribution in [3.8, 4) is 28.9 Å². The van der Waals surface area contributed by atoms with Gasteiger partial charge in [0, 0.05) is 6.07 Å². The lowest BCUT2D eigenvalue weighted by Crippen LogP contribution is -2.15. The Morgan fingerprint density at radius 3 is 2.61 bits per heavy atom. The highest BCUT2D eigenvalue weighted by molar-refractivity contribution is 5.89. The summed E-state index contributed by atoms with van der Waals surface area (Å²) in [6, 6.07) is 11.2. The molecule has 3 rings (SSSR count). The predicted octanol–water partition coefficient (Wildman–Crippen LogP) is 3.24. The molecule has 0 aliphatic rings. The van der Waals surface area contributed by atoms with Crippen LogP contribution in [0.15, 0.2) is 51.7 Å². The van der Waals surface area contributed by atoms with E-state index < -0.39 is 23.8 Å². The molecule has 8 heteroatoms. The van der Waals surface area contributed by atoms with Crippen molar-refractivity contribution in [3.63, 3.8) is 0 Å². The molecule has 0 aliphatic heterocycles. The fraction of sp³-hybridized carbons (Fsp3) is 0.200. The Kier molecular flexibility index (Phi) is 5.69. The fourth-order valence-electron chi connectivity index (χ4n) is 2.54. The van der Waals surface area contributed by atoms with Gasteiger partial charge in [0.05, 0.1) is 19.8 Å². The quantitative estimate of drug-likeness (QED) is 0.617. The van der Waals surface area contributed by atoms with Crippen LogP contribution >= 0.6 is 0 Å².